The molecule has 1 aliphatic heterocycles. The highest BCUT2D eigenvalue weighted by Gasteiger charge is 2.15. The minimum Gasteiger partial charge on any atom is -0.296 e. The molecule has 1 aliphatic rings. The molecule has 170 valence electrons. The molecule has 4 aromatic rings. The first-order chi connectivity index (χ1) is 16.3. The maximum atomic E-state index is 4.74. The normalized spacial score (nSPS) is 16.2. The van der Waals surface area contributed by atoms with E-state index in [4.69, 9.17) is 9.97 Å². The van der Waals surface area contributed by atoms with Crippen LogP contribution in [0.3, 0.4) is 0 Å². The van der Waals surface area contributed by atoms with Crippen LogP contribution in [0.1, 0.15) is 30.7 Å². The number of pyridine rings is 2. The first-order valence-corrected chi connectivity index (χ1v) is 11.2. The Labute approximate surface area is 190 Å². The summed E-state index contributed by atoms with van der Waals surface area (Å²) in [4.78, 5) is 14.4. The predicted octanol–water partition coefficient (Wildman–Crippen LogP) is 1.32. The molecule has 5 rings (SSSR count). The number of H-pyrrole nitrogens is 2. The van der Waals surface area contributed by atoms with Gasteiger partial charge in [-0.25, -0.2) is 9.97 Å². The molecule has 4 aromatic heterocycles. The monoisotopic (exact) mass is 446 g/mol. The second-order valence-electron chi connectivity index (χ2n) is 8.11. The third-order valence-electron chi connectivity index (χ3n) is 5.71. The number of tetrazole rings is 2. The Hall–Kier alpha value is -3.64. The first kappa shape index (κ1) is 21.2. The van der Waals surface area contributed by atoms with Crippen LogP contribution in [0.25, 0.3) is 23.0 Å². The van der Waals surface area contributed by atoms with E-state index >= 15 is 0 Å². The number of aromatic nitrogens is 10. The van der Waals surface area contributed by atoms with E-state index in [2.05, 4.69) is 63.2 Å². The SMILES string of the molecule is c1cc(CN2CCCCCN(Cc3cccc(-c4nn[nH]n4)n3)CC2)nc(-c2nn[nH]n2)c1. The first-order valence-electron chi connectivity index (χ1n) is 11.2. The van der Waals surface area contributed by atoms with Crippen molar-refractivity contribution >= 4 is 0 Å². The zero-order valence-corrected chi connectivity index (χ0v) is 18.3. The van der Waals surface area contributed by atoms with E-state index in [0.717, 1.165) is 62.0 Å². The fraction of sp³-hybridized carbons (Fsp3) is 0.429. The molecule has 0 aliphatic carbocycles. The van der Waals surface area contributed by atoms with Crippen molar-refractivity contribution in [1.29, 1.82) is 0 Å². The number of rotatable bonds is 6. The smallest absolute Gasteiger partial charge is 0.222 e. The lowest BCUT2D eigenvalue weighted by Crippen LogP contribution is -2.35. The zero-order valence-electron chi connectivity index (χ0n) is 18.3. The van der Waals surface area contributed by atoms with Crippen molar-refractivity contribution in [2.45, 2.75) is 32.4 Å². The van der Waals surface area contributed by atoms with Gasteiger partial charge in [-0.05, 0) is 60.6 Å². The summed E-state index contributed by atoms with van der Waals surface area (Å²) in [6, 6.07) is 11.9. The molecule has 12 heteroatoms. The third-order valence-corrected chi connectivity index (χ3v) is 5.71. The standard InChI is InChI=1S/C21H26N12/c1-2-10-32(14-16-6-4-8-18(22-16)20-24-28-29-25-20)12-13-33(11-3-1)15-17-7-5-9-19(23-17)21-26-30-31-27-21/h4-9H,1-3,10-15H2,(H,24,25,28,29)(H,26,27,30,31). The molecule has 1 fully saturated rings. The Morgan fingerprint density at radius 1 is 0.636 bits per heavy atom. The molecule has 0 spiro atoms. The summed E-state index contributed by atoms with van der Waals surface area (Å²) in [7, 11) is 0. The number of hydrogen-bond acceptors (Lipinski definition) is 10. The highest BCUT2D eigenvalue weighted by molar-refractivity contribution is 5.48. The maximum Gasteiger partial charge on any atom is 0.222 e. The molecule has 0 bridgehead atoms. The summed E-state index contributed by atoms with van der Waals surface area (Å²) in [5.74, 6) is 1.03. The Bertz CT molecular complexity index is 1040. The van der Waals surface area contributed by atoms with E-state index in [1.807, 2.05) is 24.3 Å². The van der Waals surface area contributed by atoms with Crippen molar-refractivity contribution in [3.05, 3.63) is 47.8 Å². The fourth-order valence-electron chi connectivity index (χ4n) is 4.05. The van der Waals surface area contributed by atoms with E-state index in [9.17, 15) is 0 Å². The summed E-state index contributed by atoms with van der Waals surface area (Å²) < 4.78 is 0. The van der Waals surface area contributed by atoms with E-state index < -0.39 is 0 Å². The molecule has 0 radical (unpaired) electrons. The molecule has 2 N–H and O–H groups in total. The molecule has 0 aromatic carbocycles. The van der Waals surface area contributed by atoms with Gasteiger partial charge in [-0.3, -0.25) is 9.80 Å². The Balaban J connectivity index is 1.23. The topological polar surface area (TPSA) is 141 Å². The Morgan fingerprint density at radius 3 is 1.61 bits per heavy atom. The number of aromatic amines is 2. The van der Waals surface area contributed by atoms with Gasteiger partial charge in [0.15, 0.2) is 0 Å². The zero-order chi connectivity index (χ0) is 22.3. The second kappa shape index (κ2) is 10.3. The minimum absolute atomic E-state index is 0.517. The average molecular weight is 447 g/mol. The third kappa shape index (κ3) is 5.59. The van der Waals surface area contributed by atoms with Crippen LogP contribution >= 0.6 is 0 Å². The lowest BCUT2D eigenvalue weighted by atomic mass is 10.2. The lowest BCUT2D eigenvalue weighted by molar-refractivity contribution is 0.202. The van der Waals surface area contributed by atoms with Gasteiger partial charge >= 0.3 is 0 Å². The number of nitrogens with zero attached hydrogens (tertiary/aromatic N) is 10. The summed E-state index contributed by atoms with van der Waals surface area (Å²) >= 11 is 0. The second-order valence-corrected chi connectivity index (χ2v) is 8.11. The van der Waals surface area contributed by atoms with Crippen LogP contribution in [0.2, 0.25) is 0 Å². The van der Waals surface area contributed by atoms with E-state index in [-0.39, 0.29) is 0 Å². The van der Waals surface area contributed by atoms with Crippen LogP contribution in [0.5, 0.6) is 0 Å². The van der Waals surface area contributed by atoms with Crippen LogP contribution in [0, 0.1) is 0 Å². The molecular formula is C21H26N12. The van der Waals surface area contributed by atoms with Crippen LogP contribution < -0.4 is 0 Å². The molecule has 5 heterocycles. The molecule has 0 unspecified atom stereocenters. The van der Waals surface area contributed by atoms with Gasteiger partial charge in [0.1, 0.15) is 11.4 Å². The van der Waals surface area contributed by atoms with Gasteiger partial charge in [0.05, 0.1) is 11.4 Å². The molecule has 12 nitrogen and oxygen atoms in total. The lowest BCUT2D eigenvalue weighted by Gasteiger charge is -2.25. The number of hydrogen-bond donors (Lipinski definition) is 2. The fourth-order valence-corrected chi connectivity index (χ4v) is 4.05. The van der Waals surface area contributed by atoms with E-state index in [1.54, 1.807) is 0 Å². The van der Waals surface area contributed by atoms with Crippen LogP contribution in [0.4, 0.5) is 0 Å². The molecule has 33 heavy (non-hydrogen) atoms. The largest absolute Gasteiger partial charge is 0.296 e. The highest BCUT2D eigenvalue weighted by atomic mass is 15.5. The summed E-state index contributed by atoms with van der Waals surface area (Å²) in [6.07, 6.45) is 3.58. The van der Waals surface area contributed by atoms with Gasteiger partial charge in [-0.2, -0.15) is 10.4 Å². The van der Waals surface area contributed by atoms with Gasteiger partial charge in [0.25, 0.3) is 0 Å². The number of nitrogens with one attached hydrogen (secondary N) is 2. The van der Waals surface area contributed by atoms with Gasteiger partial charge in [-0.15, -0.1) is 20.4 Å². The van der Waals surface area contributed by atoms with Gasteiger partial charge in [0.2, 0.25) is 11.6 Å². The quantitative estimate of drug-likeness (QED) is 0.445. The van der Waals surface area contributed by atoms with Gasteiger partial charge in [0, 0.05) is 26.2 Å². The minimum atomic E-state index is 0.517. The summed E-state index contributed by atoms with van der Waals surface area (Å²) in [6.45, 7) is 5.66. The van der Waals surface area contributed by atoms with Gasteiger partial charge < -0.3 is 0 Å². The molecule has 1 saturated heterocycles. The van der Waals surface area contributed by atoms with Crippen molar-refractivity contribution in [2.75, 3.05) is 26.2 Å². The molecule has 0 saturated carbocycles. The predicted molar refractivity (Wildman–Crippen MR) is 119 cm³/mol. The van der Waals surface area contributed by atoms with Crippen LogP contribution in [-0.4, -0.2) is 87.2 Å². The van der Waals surface area contributed by atoms with Crippen LogP contribution in [0.15, 0.2) is 36.4 Å². The Kier molecular flexibility index (Phi) is 6.63. The molecule has 0 atom stereocenters. The van der Waals surface area contributed by atoms with Crippen molar-refractivity contribution in [3.8, 4) is 23.0 Å². The van der Waals surface area contributed by atoms with Crippen LogP contribution in [-0.2, 0) is 13.1 Å². The average Bonchev–Trinajstić information content (AvgIpc) is 3.57. The van der Waals surface area contributed by atoms with Crippen molar-refractivity contribution in [1.82, 2.24) is 61.0 Å². The maximum absolute atomic E-state index is 4.74. The van der Waals surface area contributed by atoms with Gasteiger partial charge in [-0.1, -0.05) is 18.6 Å². The molecular weight excluding hydrogens is 420 g/mol. The van der Waals surface area contributed by atoms with Crippen molar-refractivity contribution in [3.63, 3.8) is 0 Å². The van der Waals surface area contributed by atoms with Crippen molar-refractivity contribution < 1.29 is 0 Å². The summed E-state index contributed by atoms with van der Waals surface area (Å²) in [5, 5.41) is 28.4. The molecule has 0 amide bonds. The summed E-state index contributed by atoms with van der Waals surface area (Å²) in [5.41, 5.74) is 3.49. The van der Waals surface area contributed by atoms with Crippen molar-refractivity contribution in [2.24, 2.45) is 0 Å². The Morgan fingerprint density at radius 2 is 1.15 bits per heavy atom. The highest BCUT2D eigenvalue weighted by Crippen LogP contribution is 2.15. The van der Waals surface area contributed by atoms with E-state index in [0.29, 0.717) is 11.6 Å². The van der Waals surface area contributed by atoms with E-state index in [1.165, 1.54) is 19.3 Å².